The lowest BCUT2D eigenvalue weighted by Gasteiger charge is -2.33. The summed E-state index contributed by atoms with van der Waals surface area (Å²) in [4.78, 5) is 15.4. The first-order valence-electron chi connectivity index (χ1n) is 9.25. The Bertz CT molecular complexity index is 1260. The number of rotatable bonds is 4. The predicted molar refractivity (Wildman–Crippen MR) is 113 cm³/mol. The van der Waals surface area contributed by atoms with E-state index in [1.807, 2.05) is 12.1 Å². The van der Waals surface area contributed by atoms with Gasteiger partial charge >= 0.3 is 11.0 Å². The summed E-state index contributed by atoms with van der Waals surface area (Å²) in [7, 11) is -3.76. The molecular weight excluding hydrogens is 452 g/mol. The molecule has 0 radical (unpaired) electrons. The summed E-state index contributed by atoms with van der Waals surface area (Å²) in [5.41, 5.74) is 2.47. The summed E-state index contributed by atoms with van der Waals surface area (Å²) in [5.74, 6) is -2.57. The first kappa shape index (κ1) is 21.2. The van der Waals surface area contributed by atoms with Crippen LogP contribution in [-0.4, -0.2) is 31.5 Å². The number of aromatic nitrogens is 1. The third-order valence-electron chi connectivity index (χ3n) is 5.64. The van der Waals surface area contributed by atoms with Gasteiger partial charge in [-0.3, -0.25) is 0 Å². The molecule has 3 aromatic rings. The van der Waals surface area contributed by atoms with Crippen molar-refractivity contribution in [1.82, 2.24) is 4.98 Å². The van der Waals surface area contributed by atoms with Crippen LogP contribution in [0.4, 0.5) is 4.39 Å². The maximum atomic E-state index is 16.3. The van der Waals surface area contributed by atoms with Crippen molar-refractivity contribution in [2.45, 2.75) is 29.2 Å². The van der Waals surface area contributed by atoms with Crippen molar-refractivity contribution in [1.29, 1.82) is 0 Å². The third kappa shape index (κ3) is 3.20. The molecule has 2 unspecified atom stereocenters. The largest absolute Gasteiger partial charge is 0.466 e. The zero-order valence-electron chi connectivity index (χ0n) is 15.9. The average molecular weight is 470 g/mol. The van der Waals surface area contributed by atoms with E-state index in [-0.39, 0.29) is 22.8 Å². The van der Waals surface area contributed by atoms with Crippen LogP contribution in [0.3, 0.4) is 0 Å². The number of carbonyl (C=O) groups is 1. The number of methoxy groups -OCH3 is 1. The summed E-state index contributed by atoms with van der Waals surface area (Å²) >= 11 is 12.0. The number of aromatic amines is 1. The molecule has 1 heterocycles. The topological polar surface area (TPSA) is 76.2 Å². The number of halogens is 3. The molecule has 1 N–H and O–H groups in total. The van der Waals surface area contributed by atoms with Gasteiger partial charge in [0.25, 0.3) is 0 Å². The van der Waals surface area contributed by atoms with Crippen LogP contribution in [0.25, 0.3) is 10.9 Å². The monoisotopic (exact) mass is 469 g/mol. The molecule has 0 aliphatic heterocycles. The highest BCUT2D eigenvalue weighted by molar-refractivity contribution is 7.93. The van der Waals surface area contributed by atoms with Crippen LogP contribution in [0.2, 0.25) is 10.0 Å². The summed E-state index contributed by atoms with van der Waals surface area (Å²) in [6, 6.07) is 10.6. The molecule has 4 rings (SSSR count). The average Bonchev–Trinajstić information content (AvgIpc) is 3.09. The molecule has 2 aromatic carbocycles. The number of hydrogen-bond donors (Lipinski definition) is 1. The molecule has 5 nitrogen and oxygen atoms in total. The number of carbonyl (C=O) groups excluding carboxylic acids is 1. The number of benzene rings is 2. The standard InChI is InChI=1S/C21H18Cl2FNO4S/c1-29-20(26)21(24,30(27,28)15-4-2-3-13(22)10-15)12-5-7-16-17-11-14(23)6-8-18(17)25-19(16)9-12/h2-4,6,8,10-12,25H,5,7,9H2,1H3. The molecular formula is C21H18Cl2FNO4S. The van der Waals surface area contributed by atoms with Gasteiger partial charge in [-0.1, -0.05) is 29.3 Å². The van der Waals surface area contributed by atoms with E-state index in [2.05, 4.69) is 9.72 Å². The summed E-state index contributed by atoms with van der Waals surface area (Å²) < 4.78 is 47.5. The fourth-order valence-corrected chi connectivity index (χ4v) is 6.41. The normalized spacial score (nSPS) is 18.6. The number of sulfone groups is 1. The van der Waals surface area contributed by atoms with Crippen LogP contribution >= 0.6 is 23.2 Å². The van der Waals surface area contributed by atoms with Crippen molar-refractivity contribution in [2.24, 2.45) is 5.92 Å². The van der Waals surface area contributed by atoms with E-state index in [0.29, 0.717) is 17.1 Å². The van der Waals surface area contributed by atoms with Crippen LogP contribution in [0.5, 0.6) is 0 Å². The number of fused-ring (bicyclic) bond motifs is 3. The minimum atomic E-state index is -4.73. The van der Waals surface area contributed by atoms with Crippen molar-refractivity contribution >= 4 is 49.9 Å². The first-order chi connectivity index (χ1) is 14.2. The quantitative estimate of drug-likeness (QED) is 0.551. The molecule has 0 saturated heterocycles. The van der Waals surface area contributed by atoms with E-state index < -0.39 is 26.7 Å². The fourth-order valence-electron chi connectivity index (χ4n) is 4.16. The van der Waals surface area contributed by atoms with Crippen molar-refractivity contribution in [3.8, 4) is 0 Å². The predicted octanol–water partition coefficient (Wildman–Crippen LogP) is 4.89. The van der Waals surface area contributed by atoms with E-state index in [0.717, 1.165) is 29.6 Å². The molecule has 0 fully saturated rings. The van der Waals surface area contributed by atoms with Crippen molar-refractivity contribution < 1.29 is 22.3 Å². The Labute approximate surface area is 183 Å². The van der Waals surface area contributed by atoms with Crippen LogP contribution in [0.1, 0.15) is 17.7 Å². The van der Waals surface area contributed by atoms with Gasteiger partial charge in [0, 0.05) is 32.6 Å². The van der Waals surface area contributed by atoms with Crippen molar-refractivity contribution in [2.75, 3.05) is 7.11 Å². The van der Waals surface area contributed by atoms with Gasteiger partial charge in [-0.05, 0) is 61.2 Å². The van der Waals surface area contributed by atoms with E-state index >= 15 is 4.39 Å². The number of nitrogens with one attached hydrogen (secondary N) is 1. The minimum absolute atomic E-state index is 0.0348. The van der Waals surface area contributed by atoms with Gasteiger partial charge in [0.05, 0.1) is 12.0 Å². The Morgan fingerprint density at radius 2 is 1.93 bits per heavy atom. The van der Waals surface area contributed by atoms with Crippen molar-refractivity contribution in [3.05, 3.63) is 63.8 Å². The number of aryl methyl sites for hydroxylation is 1. The second-order valence-corrected chi connectivity index (χ2v) is 10.3. The first-order valence-corrected chi connectivity index (χ1v) is 11.5. The van der Waals surface area contributed by atoms with E-state index in [9.17, 15) is 13.2 Å². The zero-order valence-corrected chi connectivity index (χ0v) is 18.2. The third-order valence-corrected chi connectivity index (χ3v) is 8.26. The molecule has 9 heteroatoms. The fraction of sp³-hybridized carbons (Fsp3) is 0.286. The van der Waals surface area contributed by atoms with Crippen LogP contribution in [-0.2, 0) is 32.2 Å². The molecule has 30 heavy (non-hydrogen) atoms. The number of alkyl halides is 1. The number of hydrogen-bond acceptors (Lipinski definition) is 4. The molecule has 158 valence electrons. The Morgan fingerprint density at radius 3 is 2.63 bits per heavy atom. The van der Waals surface area contributed by atoms with Crippen LogP contribution in [0, 0.1) is 5.92 Å². The van der Waals surface area contributed by atoms with Crippen molar-refractivity contribution in [3.63, 3.8) is 0 Å². The summed E-state index contributed by atoms with van der Waals surface area (Å²) in [6.07, 6.45) is 0.582. The Kier molecular flexibility index (Phi) is 5.33. The Hall–Kier alpha value is -2.09. The van der Waals surface area contributed by atoms with Crippen LogP contribution < -0.4 is 0 Å². The molecule has 0 bridgehead atoms. The lowest BCUT2D eigenvalue weighted by atomic mass is 9.83. The SMILES string of the molecule is COC(=O)C(F)(C1CCc2c([nH]c3ccc(Cl)cc23)C1)S(=O)(=O)c1cccc(Cl)c1. The molecule has 0 amide bonds. The number of ether oxygens (including phenoxy) is 1. The molecule has 1 aliphatic rings. The minimum Gasteiger partial charge on any atom is -0.466 e. The molecule has 0 saturated carbocycles. The van der Waals surface area contributed by atoms with Gasteiger partial charge in [-0.25, -0.2) is 17.6 Å². The van der Waals surface area contributed by atoms with Gasteiger partial charge in [-0.2, -0.15) is 0 Å². The maximum absolute atomic E-state index is 16.3. The van der Waals surface area contributed by atoms with Gasteiger partial charge in [0.1, 0.15) is 0 Å². The smallest absolute Gasteiger partial charge is 0.360 e. The number of H-pyrrole nitrogens is 1. The van der Waals surface area contributed by atoms with E-state index in [1.165, 1.54) is 18.2 Å². The van der Waals surface area contributed by atoms with Gasteiger partial charge in [0.2, 0.25) is 9.84 Å². The van der Waals surface area contributed by atoms with Crippen LogP contribution in [0.15, 0.2) is 47.4 Å². The maximum Gasteiger partial charge on any atom is 0.360 e. The summed E-state index contributed by atoms with van der Waals surface area (Å²) in [5, 5.41) is -1.64. The second kappa shape index (κ2) is 7.55. The lowest BCUT2D eigenvalue weighted by Crippen LogP contribution is -2.51. The Balaban J connectivity index is 1.80. The zero-order chi connectivity index (χ0) is 21.7. The molecule has 2 atom stereocenters. The second-order valence-electron chi connectivity index (χ2n) is 7.31. The lowest BCUT2D eigenvalue weighted by molar-refractivity contribution is -0.152. The number of esters is 1. The highest BCUT2D eigenvalue weighted by Crippen LogP contribution is 2.44. The highest BCUT2D eigenvalue weighted by atomic mass is 35.5. The van der Waals surface area contributed by atoms with E-state index in [4.69, 9.17) is 23.2 Å². The van der Waals surface area contributed by atoms with Gasteiger partial charge < -0.3 is 9.72 Å². The summed E-state index contributed by atoms with van der Waals surface area (Å²) in [6.45, 7) is 0. The molecule has 1 aromatic heterocycles. The Morgan fingerprint density at radius 1 is 1.20 bits per heavy atom. The van der Waals surface area contributed by atoms with Gasteiger partial charge in [0.15, 0.2) is 0 Å². The molecule has 1 aliphatic carbocycles. The van der Waals surface area contributed by atoms with Gasteiger partial charge in [-0.15, -0.1) is 0 Å². The molecule has 0 spiro atoms. The van der Waals surface area contributed by atoms with E-state index in [1.54, 1.807) is 6.07 Å². The highest BCUT2D eigenvalue weighted by Gasteiger charge is 2.59.